The van der Waals surface area contributed by atoms with E-state index in [0.29, 0.717) is 13.0 Å². The average Bonchev–Trinajstić information content (AvgIpc) is 2.90. The van der Waals surface area contributed by atoms with Crippen LogP contribution in [0.1, 0.15) is 16.9 Å². The summed E-state index contributed by atoms with van der Waals surface area (Å²) in [5.41, 5.74) is 1.99. The highest BCUT2D eigenvalue weighted by Crippen LogP contribution is 2.18. The minimum Gasteiger partial charge on any atom is -0.496 e. The van der Waals surface area contributed by atoms with Gasteiger partial charge in [-0.25, -0.2) is 0 Å². The van der Waals surface area contributed by atoms with Crippen LogP contribution in [0.3, 0.4) is 0 Å². The van der Waals surface area contributed by atoms with Gasteiger partial charge in [0.25, 0.3) is 0 Å². The lowest BCUT2D eigenvalue weighted by atomic mass is 10.1. The van der Waals surface area contributed by atoms with Gasteiger partial charge in [0.1, 0.15) is 11.5 Å². The molecule has 0 saturated heterocycles. The van der Waals surface area contributed by atoms with Gasteiger partial charge in [-0.2, -0.15) is 0 Å². The van der Waals surface area contributed by atoms with Crippen molar-refractivity contribution in [2.24, 2.45) is 0 Å². The first-order valence-electron chi connectivity index (χ1n) is 6.11. The number of hydrogen-bond donors (Lipinski definition) is 1. The Hall–Kier alpha value is -2.23. The minimum atomic E-state index is -0.0269. The summed E-state index contributed by atoms with van der Waals surface area (Å²) in [7, 11) is 1.64. The molecule has 0 atom stereocenters. The van der Waals surface area contributed by atoms with Gasteiger partial charge in [0.15, 0.2) is 0 Å². The molecule has 0 unspecified atom stereocenters. The largest absolute Gasteiger partial charge is 0.496 e. The molecular weight excluding hydrogens is 242 g/mol. The van der Waals surface area contributed by atoms with Crippen LogP contribution in [-0.2, 0) is 17.8 Å². The van der Waals surface area contributed by atoms with E-state index in [2.05, 4.69) is 5.32 Å². The number of rotatable bonds is 5. The third-order valence-corrected chi connectivity index (χ3v) is 2.86. The molecule has 4 heteroatoms. The van der Waals surface area contributed by atoms with Crippen molar-refractivity contribution >= 4 is 5.91 Å². The van der Waals surface area contributed by atoms with Gasteiger partial charge >= 0.3 is 0 Å². The van der Waals surface area contributed by atoms with Crippen molar-refractivity contribution in [3.63, 3.8) is 0 Å². The van der Waals surface area contributed by atoms with Crippen molar-refractivity contribution in [3.8, 4) is 5.75 Å². The van der Waals surface area contributed by atoms with Gasteiger partial charge in [0.05, 0.1) is 26.3 Å². The number of furan rings is 1. The number of carbonyl (C=O) groups excluding carboxylic acids is 1. The molecule has 0 bridgehead atoms. The molecule has 1 aromatic heterocycles. The van der Waals surface area contributed by atoms with Crippen LogP contribution in [0.15, 0.2) is 41.0 Å². The lowest BCUT2D eigenvalue weighted by molar-refractivity contribution is -0.120. The standard InChI is InChI=1S/C15H17NO3/c1-11-8-12(5-6-14(11)18-2)9-15(17)16-10-13-4-3-7-19-13/h3-8H,9-10H2,1-2H3,(H,16,17). The Kier molecular flexibility index (Phi) is 4.23. The van der Waals surface area contributed by atoms with E-state index in [-0.39, 0.29) is 5.91 Å². The van der Waals surface area contributed by atoms with Crippen molar-refractivity contribution < 1.29 is 13.9 Å². The number of nitrogens with one attached hydrogen (secondary N) is 1. The molecule has 1 amide bonds. The molecule has 1 aromatic carbocycles. The summed E-state index contributed by atoms with van der Waals surface area (Å²) < 4.78 is 10.3. The Morgan fingerprint density at radius 1 is 1.37 bits per heavy atom. The van der Waals surface area contributed by atoms with Crippen LogP contribution < -0.4 is 10.1 Å². The molecular formula is C15H17NO3. The van der Waals surface area contributed by atoms with Crippen molar-refractivity contribution in [1.82, 2.24) is 5.32 Å². The summed E-state index contributed by atoms with van der Waals surface area (Å²) in [5, 5.41) is 2.82. The third kappa shape index (κ3) is 3.61. The van der Waals surface area contributed by atoms with Crippen molar-refractivity contribution in [2.45, 2.75) is 19.9 Å². The van der Waals surface area contributed by atoms with Crippen LogP contribution in [0.2, 0.25) is 0 Å². The van der Waals surface area contributed by atoms with Crippen LogP contribution in [0.4, 0.5) is 0 Å². The Balaban J connectivity index is 1.90. The molecule has 2 rings (SSSR count). The number of methoxy groups -OCH3 is 1. The maximum Gasteiger partial charge on any atom is 0.224 e. The fourth-order valence-electron chi connectivity index (χ4n) is 1.90. The molecule has 2 aromatic rings. The predicted octanol–water partition coefficient (Wildman–Crippen LogP) is 2.46. The molecule has 1 N–H and O–H groups in total. The van der Waals surface area contributed by atoms with Gasteiger partial charge in [-0.15, -0.1) is 0 Å². The number of carbonyl (C=O) groups is 1. The predicted molar refractivity (Wildman–Crippen MR) is 72.0 cm³/mol. The van der Waals surface area contributed by atoms with Gasteiger partial charge in [0, 0.05) is 0 Å². The quantitative estimate of drug-likeness (QED) is 0.897. The average molecular weight is 259 g/mol. The Morgan fingerprint density at radius 3 is 2.84 bits per heavy atom. The number of hydrogen-bond acceptors (Lipinski definition) is 3. The smallest absolute Gasteiger partial charge is 0.224 e. The maximum atomic E-state index is 11.8. The zero-order valence-electron chi connectivity index (χ0n) is 11.1. The molecule has 100 valence electrons. The second-order valence-corrected chi connectivity index (χ2v) is 4.34. The van der Waals surface area contributed by atoms with Crippen LogP contribution in [0.5, 0.6) is 5.75 Å². The summed E-state index contributed by atoms with van der Waals surface area (Å²) in [4.78, 5) is 11.8. The Morgan fingerprint density at radius 2 is 2.21 bits per heavy atom. The van der Waals surface area contributed by atoms with Crippen molar-refractivity contribution in [1.29, 1.82) is 0 Å². The molecule has 0 saturated carbocycles. The minimum absolute atomic E-state index is 0.0269. The van der Waals surface area contributed by atoms with Gasteiger partial charge < -0.3 is 14.5 Å². The topological polar surface area (TPSA) is 51.5 Å². The third-order valence-electron chi connectivity index (χ3n) is 2.86. The highest BCUT2D eigenvalue weighted by atomic mass is 16.5. The molecule has 0 aliphatic rings. The van der Waals surface area contributed by atoms with E-state index in [0.717, 1.165) is 22.6 Å². The van der Waals surface area contributed by atoms with Crippen LogP contribution >= 0.6 is 0 Å². The van der Waals surface area contributed by atoms with Gasteiger partial charge in [-0.3, -0.25) is 4.79 Å². The van der Waals surface area contributed by atoms with E-state index in [1.54, 1.807) is 19.4 Å². The highest BCUT2D eigenvalue weighted by Gasteiger charge is 2.06. The lowest BCUT2D eigenvalue weighted by Gasteiger charge is -2.07. The van der Waals surface area contributed by atoms with Crippen LogP contribution in [-0.4, -0.2) is 13.0 Å². The molecule has 19 heavy (non-hydrogen) atoms. The highest BCUT2D eigenvalue weighted by molar-refractivity contribution is 5.78. The summed E-state index contributed by atoms with van der Waals surface area (Å²) in [6, 6.07) is 9.38. The zero-order valence-corrected chi connectivity index (χ0v) is 11.1. The molecule has 0 spiro atoms. The first kappa shape index (κ1) is 13.2. The zero-order chi connectivity index (χ0) is 13.7. The molecule has 0 fully saturated rings. The molecule has 0 aliphatic carbocycles. The number of aryl methyl sites for hydroxylation is 1. The monoisotopic (exact) mass is 259 g/mol. The van der Waals surface area contributed by atoms with Gasteiger partial charge in [0.2, 0.25) is 5.91 Å². The van der Waals surface area contributed by atoms with E-state index < -0.39 is 0 Å². The lowest BCUT2D eigenvalue weighted by Crippen LogP contribution is -2.24. The molecule has 4 nitrogen and oxygen atoms in total. The summed E-state index contributed by atoms with van der Waals surface area (Å²) in [6.45, 7) is 2.38. The second kappa shape index (κ2) is 6.09. The number of ether oxygens (including phenoxy) is 1. The molecule has 0 radical (unpaired) electrons. The van der Waals surface area contributed by atoms with Crippen LogP contribution in [0, 0.1) is 6.92 Å². The summed E-state index contributed by atoms with van der Waals surface area (Å²) in [5.74, 6) is 1.56. The first-order chi connectivity index (χ1) is 9.19. The van der Waals surface area contributed by atoms with E-state index in [1.807, 2.05) is 31.2 Å². The first-order valence-corrected chi connectivity index (χ1v) is 6.11. The fourth-order valence-corrected chi connectivity index (χ4v) is 1.90. The van der Waals surface area contributed by atoms with E-state index in [4.69, 9.17) is 9.15 Å². The van der Waals surface area contributed by atoms with E-state index >= 15 is 0 Å². The van der Waals surface area contributed by atoms with E-state index in [9.17, 15) is 4.79 Å². The molecule has 0 aliphatic heterocycles. The Bertz CT molecular complexity index is 547. The fraction of sp³-hybridized carbons (Fsp3) is 0.267. The summed E-state index contributed by atoms with van der Waals surface area (Å²) >= 11 is 0. The number of benzene rings is 1. The van der Waals surface area contributed by atoms with Crippen LogP contribution in [0.25, 0.3) is 0 Å². The van der Waals surface area contributed by atoms with Gasteiger partial charge in [-0.1, -0.05) is 12.1 Å². The SMILES string of the molecule is COc1ccc(CC(=O)NCc2ccco2)cc1C. The summed E-state index contributed by atoms with van der Waals surface area (Å²) in [6.07, 6.45) is 1.94. The maximum absolute atomic E-state index is 11.8. The van der Waals surface area contributed by atoms with Crippen molar-refractivity contribution in [3.05, 3.63) is 53.5 Å². The van der Waals surface area contributed by atoms with Crippen molar-refractivity contribution in [2.75, 3.05) is 7.11 Å². The number of amides is 1. The second-order valence-electron chi connectivity index (χ2n) is 4.34. The van der Waals surface area contributed by atoms with Gasteiger partial charge in [-0.05, 0) is 36.2 Å². The van der Waals surface area contributed by atoms with E-state index in [1.165, 1.54) is 0 Å². The molecule has 1 heterocycles. The normalized spacial score (nSPS) is 10.2. The Labute approximate surface area is 112 Å².